The molecule has 1 saturated heterocycles. The Hall–Kier alpha value is -1.10. The van der Waals surface area contributed by atoms with Crippen molar-refractivity contribution >= 4 is 31.8 Å². The van der Waals surface area contributed by atoms with Gasteiger partial charge in [-0.1, -0.05) is 12.8 Å². The van der Waals surface area contributed by atoms with Gasteiger partial charge in [0.05, 0.1) is 17.3 Å². The normalized spacial score (nSPS) is 17.2. The van der Waals surface area contributed by atoms with Crippen LogP contribution in [0.5, 0.6) is 0 Å². The molecule has 0 aromatic heterocycles. The number of hydrogen-bond donors (Lipinski definition) is 1. The van der Waals surface area contributed by atoms with Crippen molar-refractivity contribution in [1.29, 1.82) is 5.26 Å². The van der Waals surface area contributed by atoms with Gasteiger partial charge in [-0.2, -0.15) is 18.0 Å². The number of nitriles is 1. The van der Waals surface area contributed by atoms with Crippen LogP contribution in [-0.4, -0.2) is 25.8 Å². The van der Waals surface area contributed by atoms with Crippen molar-refractivity contribution in [3.63, 3.8) is 0 Å². The summed E-state index contributed by atoms with van der Waals surface area (Å²) in [6.45, 7) is 1.12. The van der Waals surface area contributed by atoms with Crippen LogP contribution in [0.25, 0.3) is 0 Å². The Bertz CT molecular complexity index is 617. The first-order valence-corrected chi connectivity index (χ1v) is 8.74. The molecule has 1 fully saturated rings. The van der Waals surface area contributed by atoms with Gasteiger partial charge in [0.25, 0.3) is 0 Å². The van der Waals surface area contributed by atoms with E-state index in [0.717, 1.165) is 25.7 Å². The number of benzene rings is 1. The Kier molecular flexibility index (Phi) is 5.02. The first-order chi connectivity index (χ1) is 9.53. The predicted octanol–water partition coefficient (Wildman–Crippen LogP) is 2.85. The highest BCUT2D eigenvalue weighted by atomic mass is 79.9. The average molecular weight is 358 g/mol. The second-order valence-corrected chi connectivity index (χ2v) is 7.25. The Labute approximate surface area is 127 Å². The molecule has 0 saturated carbocycles. The standard InChI is InChI=1S/C13H16BrN3O2S/c14-12-9-11(10-15)5-6-13(12)16-20(18,19)17-7-3-1-2-4-8-17/h5-6,9,16H,1-4,7-8H2. The SMILES string of the molecule is N#Cc1ccc(NS(=O)(=O)N2CCCCCC2)c(Br)c1. The molecule has 0 amide bonds. The number of nitrogens with zero attached hydrogens (tertiary/aromatic N) is 2. The first-order valence-electron chi connectivity index (χ1n) is 6.50. The lowest BCUT2D eigenvalue weighted by Crippen LogP contribution is -2.36. The Balaban J connectivity index is 2.17. The molecule has 0 spiro atoms. The summed E-state index contributed by atoms with van der Waals surface area (Å²) in [7, 11) is -3.53. The molecule has 5 nitrogen and oxygen atoms in total. The summed E-state index contributed by atoms with van der Waals surface area (Å²) in [5, 5.41) is 8.80. The zero-order valence-electron chi connectivity index (χ0n) is 11.0. The van der Waals surface area contributed by atoms with E-state index in [-0.39, 0.29) is 0 Å². The monoisotopic (exact) mass is 357 g/mol. The van der Waals surface area contributed by atoms with Crippen molar-refractivity contribution in [1.82, 2.24) is 4.31 Å². The quantitative estimate of drug-likeness (QED) is 0.903. The minimum Gasteiger partial charge on any atom is -0.270 e. The third kappa shape index (κ3) is 3.72. The van der Waals surface area contributed by atoms with Gasteiger partial charge in [0, 0.05) is 17.6 Å². The highest BCUT2D eigenvalue weighted by Crippen LogP contribution is 2.25. The van der Waals surface area contributed by atoms with E-state index in [1.807, 2.05) is 6.07 Å². The highest BCUT2D eigenvalue weighted by molar-refractivity contribution is 9.10. The van der Waals surface area contributed by atoms with Crippen LogP contribution < -0.4 is 4.72 Å². The van der Waals surface area contributed by atoms with Crippen molar-refractivity contribution in [2.45, 2.75) is 25.7 Å². The van der Waals surface area contributed by atoms with E-state index in [1.165, 1.54) is 4.31 Å². The Morgan fingerprint density at radius 1 is 1.20 bits per heavy atom. The maximum Gasteiger partial charge on any atom is 0.301 e. The molecule has 0 bridgehead atoms. The third-order valence-corrected chi connectivity index (χ3v) is 5.42. The summed E-state index contributed by atoms with van der Waals surface area (Å²) < 4.78 is 29.3. The van der Waals surface area contributed by atoms with E-state index in [4.69, 9.17) is 5.26 Å². The number of nitrogens with one attached hydrogen (secondary N) is 1. The molecule has 1 aliphatic rings. The van der Waals surface area contributed by atoms with Crippen LogP contribution >= 0.6 is 15.9 Å². The van der Waals surface area contributed by atoms with Crippen LogP contribution in [0.3, 0.4) is 0 Å². The topological polar surface area (TPSA) is 73.2 Å². The highest BCUT2D eigenvalue weighted by Gasteiger charge is 2.23. The maximum absolute atomic E-state index is 12.3. The van der Waals surface area contributed by atoms with Crippen LogP contribution in [0.4, 0.5) is 5.69 Å². The van der Waals surface area contributed by atoms with Crippen molar-refractivity contribution in [3.8, 4) is 6.07 Å². The molecule has 0 unspecified atom stereocenters. The van der Waals surface area contributed by atoms with Crippen LogP contribution in [0.2, 0.25) is 0 Å². The lowest BCUT2D eigenvalue weighted by atomic mass is 10.2. The number of halogens is 1. The summed E-state index contributed by atoms with van der Waals surface area (Å²) >= 11 is 3.28. The average Bonchev–Trinajstić information content (AvgIpc) is 2.70. The second kappa shape index (κ2) is 6.57. The van der Waals surface area contributed by atoms with Crippen LogP contribution in [0.15, 0.2) is 22.7 Å². The second-order valence-electron chi connectivity index (χ2n) is 4.73. The van der Waals surface area contributed by atoms with Crippen molar-refractivity contribution < 1.29 is 8.42 Å². The lowest BCUT2D eigenvalue weighted by Gasteiger charge is -2.21. The largest absolute Gasteiger partial charge is 0.301 e. The number of hydrogen-bond acceptors (Lipinski definition) is 3. The van der Waals surface area contributed by atoms with E-state index >= 15 is 0 Å². The van der Waals surface area contributed by atoms with Gasteiger partial charge >= 0.3 is 10.2 Å². The van der Waals surface area contributed by atoms with Gasteiger partial charge in [0.1, 0.15) is 0 Å². The van der Waals surface area contributed by atoms with Gasteiger partial charge in [0.2, 0.25) is 0 Å². The molecule has 1 aromatic carbocycles. The molecular weight excluding hydrogens is 342 g/mol. The van der Waals surface area contributed by atoms with E-state index in [0.29, 0.717) is 28.8 Å². The third-order valence-electron chi connectivity index (χ3n) is 3.24. The van der Waals surface area contributed by atoms with Crippen LogP contribution in [0.1, 0.15) is 31.2 Å². The molecule has 0 atom stereocenters. The van der Waals surface area contributed by atoms with Crippen molar-refractivity contribution in [2.75, 3.05) is 17.8 Å². The molecule has 20 heavy (non-hydrogen) atoms. The van der Waals surface area contributed by atoms with E-state index in [1.54, 1.807) is 18.2 Å². The fourth-order valence-electron chi connectivity index (χ4n) is 2.15. The van der Waals surface area contributed by atoms with Gasteiger partial charge in [-0.3, -0.25) is 4.72 Å². The van der Waals surface area contributed by atoms with Crippen LogP contribution in [-0.2, 0) is 10.2 Å². The smallest absolute Gasteiger partial charge is 0.270 e. The van der Waals surface area contributed by atoms with Gasteiger partial charge < -0.3 is 0 Å². The lowest BCUT2D eigenvalue weighted by molar-refractivity contribution is 0.427. The van der Waals surface area contributed by atoms with Gasteiger partial charge in [0.15, 0.2) is 0 Å². The predicted molar refractivity (Wildman–Crippen MR) is 81.4 cm³/mol. The van der Waals surface area contributed by atoms with E-state index in [2.05, 4.69) is 20.7 Å². The Morgan fingerprint density at radius 3 is 2.40 bits per heavy atom. The van der Waals surface area contributed by atoms with Crippen molar-refractivity contribution in [2.24, 2.45) is 0 Å². The molecule has 0 radical (unpaired) electrons. The summed E-state index contributed by atoms with van der Waals surface area (Å²) in [6.07, 6.45) is 3.95. The van der Waals surface area contributed by atoms with Crippen molar-refractivity contribution in [3.05, 3.63) is 28.2 Å². The van der Waals surface area contributed by atoms with E-state index < -0.39 is 10.2 Å². The fraction of sp³-hybridized carbons (Fsp3) is 0.462. The summed E-state index contributed by atoms with van der Waals surface area (Å²) in [5.74, 6) is 0. The van der Waals surface area contributed by atoms with Gasteiger partial charge in [-0.15, -0.1) is 0 Å². The summed E-state index contributed by atoms with van der Waals surface area (Å²) in [6, 6.07) is 6.79. The summed E-state index contributed by atoms with van der Waals surface area (Å²) in [5.41, 5.74) is 0.933. The minimum absolute atomic E-state index is 0.452. The molecule has 0 aliphatic carbocycles. The zero-order chi connectivity index (χ0) is 14.6. The minimum atomic E-state index is -3.53. The Morgan fingerprint density at radius 2 is 1.85 bits per heavy atom. The first kappa shape index (κ1) is 15.3. The fourth-order valence-corrected chi connectivity index (χ4v) is 4.09. The van der Waals surface area contributed by atoms with E-state index in [9.17, 15) is 8.42 Å². The molecule has 7 heteroatoms. The molecule has 1 aliphatic heterocycles. The van der Waals surface area contributed by atoms with Gasteiger partial charge in [-0.25, -0.2) is 0 Å². The maximum atomic E-state index is 12.3. The molecule has 108 valence electrons. The van der Waals surface area contributed by atoms with Gasteiger partial charge in [-0.05, 0) is 47.0 Å². The number of rotatable bonds is 3. The molecule has 1 aromatic rings. The molecular formula is C13H16BrN3O2S. The molecule has 2 rings (SSSR count). The molecule has 1 heterocycles. The number of anilines is 1. The molecule has 1 N–H and O–H groups in total. The zero-order valence-corrected chi connectivity index (χ0v) is 13.4. The summed E-state index contributed by atoms with van der Waals surface area (Å²) in [4.78, 5) is 0. The van der Waals surface area contributed by atoms with Crippen LogP contribution in [0, 0.1) is 11.3 Å².